The molecule has 1 aliphatic carbocycles. The number of hydrogen-bond acceptors (Lipinski definition) is 4. The molecule has 2 aromatic carbocycles. The lowest BCUT2D eigenvalue weighted by molar-refractivity contribution is 0.296. The van der Waals surface area contributed by atoms with Crippen molar-refractivity contribution in [2.45, 2.75) is 37.8 Å². The molecule has 1 saturated carbocycles. The minimum absolute atomic E-state index is 0. The van der Waals surface area contributed by atoms with Gasteiger partial charge in [-0.1, -0.05) is 24.3 Å². The predicted molar refractivity (Wildman–Crippen MR) is 131 cm³/mol. The second-order valence-corrected chi connectivity index (χ2v) is 9.58. The average molecular weight is 543 g/mol. The third-order valence-electron chi connectivity index (χ3n) is 4.88. The maximum absolute atomic E-state index is 11.6. The molecule has 0 unspecified atom stereocenters. The number of nitrogens with one attached hydrogen (secondary N) is 2. The number of hydrogen-bond donors (Lipinski definition) is 2. The maximum Gasteiger partial charge on any atom is 0.191 e. The van der Waals surface area contributed by atoms with Gasteiger partial charge in [0.2, 0.25) is 0 Å². The molecule has 3 rings (SSSR count). The summed E-state index contributed by atoms with van der Waals surface area (Å²) in [4.78, 5) is 4.59. The van der Waals surface area contributed by atoms with Crippen molar-refractivity contribution in [3.8, 4) is 5.75 Å². The molecule has 0 atom stereocenters. The van der Waals surface area contributed by atoms with Gasteiger partial charge in [0, 0.05) is 32.0 Å². The van der Waals surface area contributed by atoms with E-state index in [4.69, 9.17) is 4.74 Å². The van der Waals surface area contributed by atoms with Crippen molar-refractivity contribution in [3.63, 3.8) is 0 Å². The van der Waals surface area contributed by atoms with E-state index in [1.165, 1.54) is 24.7 Å². The molecule has 0 bridgehead atoms. The molecule has 30 heavy (non-hydrogen) atoms. The Bertz CT molecular complexity index is 972. The van der Waals surface area contributed by atoms with E-state index in [0.29, 0.717) is 29.9 Å². The van der Waals surface area contributed by atoms with Crippen LogP contribution in [0.2, 0.25) is 0 Å². The number of aryl methyl sites for hydroxylation is 1. The van der Waals surface area contributed by atoms with E-state index >= 15 is 0 Å². The first kappa shape index (κ1) is 24.5. The first-order valence-electron chi connectivity index (χ1n) is 9.81. The van der Waals surface area contributed by atoms with Gasteiger partial charge < -0.3 is 15.4 Å². The van der Waals surface area contributed by atoms with E-state index in [0.717, 1.165) is 23.5 Å². The Morgan fingerprint density at radius 2 is 1.77 bits per heavy atom. The molecule has 2 aromatic rings. The minimum Gasteiger partial charge on any atom is -0.493 e. The summed E-state index contributed by atoms with van der Waals surface area (Å²) in [5, 5.41) is 6.57. The Kier molecular flexibility index (Phi) is 8.96. The van der Waals surface area contributed by atoms with Crippen molar-refractivity contribution in [1.82, 2.24) is 10.6 Å². The monoisotopic (exact) mass is 543 g/mol. The molecule has 1 fully saturated rings. The third kappa shape index (κ3) is 7.46. The number of ether oxygens (including phenoxy) is 1. The van der Waals surface area contributed by atoms with Crippen LogP contribution >= 0.6 is 24.0 Å². The summed E-state index contributed by atoms with van der Waals surface area (Å²) in [6.07, 6.45) is 3.74. The Balaban J connectivity index is 0.00000320. The van der Waals surface area contributed by atoms with Crippen molar-refractivity contribution >= 4 is 39.8 Å². The zero-order valence-corrected chi connectivity index (χ0v) is 20.8. The quantitative estimate of drug-likeness (QED) is 0.302. The number of benzene rings is 2. The van der Waals surface area contributed by atoms with Crippen LogP contribution < -0.4 is 15.4 Å². The Hall–Kier alpha value is -1.81. The van der Waals surface area contributed by atoms with Gasteiger partial charge in [-0.15, -0.1) is 24.0 Å². The first-order chi connectivity index (χ1) is 13.8. The molecule has 0 heterocycles. The Labute approximate surface area is 196 Å². The van der Waals surface area contributed by atoms with Gasteiger partial charge in [0.1, 0.15) is 5.75 Å². The topological polar surface area (TPSA) is 79.8 Å². The molecule has 1 aliphatic rings. The Morgan fingerprint density at radius 1 is 1.10 bits per heavy atom. The summed E-state index contributed by atoms with van der Waals surface area (Å²) < 4.78 is 29.1. The fraction of sp³-hybridized carbons (Fsp3) is 0.409. The van der Waals surface area contributed by atoms with Crippen LogP contribution in [0.5, 0.6) is 5.75 Å². The first-order valence-corrected chi connectivity index (χ1v) is 11.7. The van der Waals surface area contributed by atoms with E-state index < -0.39 is 9.84 Å². The van der Waals surface area contributed by atoms with E-state index in [9.17, 15) is 8.42 Å². The van der Waals surface area contributed by atoms with Crippen LogP contribution in [0.3, 0.4) is 0 Å². The summed E-state index contributed by atoms with van der Waals surface area (Å²) in [6.45, 7) is 4.00. The number of nitrogens with zero attached hydrogens (tertiary/aromatic N) is 1. The lowest BCUT2D eigenvalue weighted by atomic mass is 10.1. The second-order valence-electron chi connectivity index (χ2n) is 7.56. The highest BCUT2D eigenvalue weighted by molar-refractivity contribution is 14.0. The number of rotatable bonds is 8. The van der Waals surface area contributed by atoms with E-state index in [1.807, 2.05) is 0 Å². The smallest absolute Gasteiger partial charge is 0.191 e. The highest BCUT2D eigenvalue weighted by atomic mass is 127. The fourth-order valence-electron chi connectivity index (χ4n) is 2.87. The van der Waals surface area contributed by atoms with Gasteiger partial charge in [0.25, 0.3) is 0 Å². The molecule has 6 nitrogen and oxygen atoms in total. The molecule has 0 radical (unpaired) electrons. The fourth-order valence-corrected chi connectivity index (χ4v) is 3.50. The molecule has 0 aromatic heterocycles. The van der Waals surface area contributed by atoms with Gasteiger partial charge >= 0.3 is 0 Å². The van der Waals surface area contributed by atoms with Gasteiger partial charge in [0.05, 0.1) is 11.5 Å². The average Bonchev–Trinajstić information content (AvgIpc) is 3.52. The molecule has 0 aliphatic heterocycles. The van der Waals surface area contributed by atoms with Gasteiger partial charge in [-0.2, -0.15) is 0 Å². The van der Waals surface area contributed by atoms with Gasteiger partial charge in [0.15, 0.2) is 15.8 Å². The molecular formula is C22H30IN3O3S. The van der Waals surface area contributed by atoms with Gasteiger partial charge in [-0.3, -0.25) is 4.99 Å². The van der Waals surface area contributed by atoms with Crippen LogP contribution in [0.25, 0.3) is 0 Å². The van der Waals surface area contributed by atoms with Crippen LogP contribution in [0.1, 0.15) is 29.5 Å². The lowest BCUT2D eigenvalue weighted by Crippen LogP contribution is -2.36. The molecule has 2 N–H and O–H groups in total. The SMILES string of the molecule is CN=C(NCc1ccc(S(C)(=O)=O)cc1)NCc1ccc(C)cc1OCC1CC1.I. The number of guanidine groups is 1. The molecule has 0 saturated heterocycles. The van der Waals surface area contributed by atoms with Gasteiger partial charge in [-0.05, 0) is 55.0 Å². The van der Waals surface area contributed by atoms with Crippen LogP contribution in [0.15, 0.2) is 52.4 Å². The summed E-state index contributed by atoms with van der Waals surface area (Å²) in [7, 11) is -1.45. The van der Waals surface area contributed by atoms with Crippen LogP contribution in [0, 0.1) is 12.8 Å². The molecular weight excluding hydrogens is 513 g/mol. The minimum atomic E-state index is -3.18. The normalized spacial score (nSPS) is 14.0. The van der Waals surface area contributed by atoms with Crippen LogP contribution in [-0.4, -0.2) is 34.3 Å². The van der Waals surface area contributed by atoms with Crippen molar-refractivity contribution in [2.24, 2.45) is 10.9 Å². The standard InChI is InChI=1S/C22H29N3O3S.HI/c1-16-4-9-19(21(12-16)28-15-18-5-6-18)14-25-22(23-2)24-13-17-7-10-20(11-8-17)29(3,26)27;/h4,7-12,18H,5-6,13-15H2,1-3H3,(H2,23,24,25);1H. The van der Waals surface area contributed by atoms with Crippen LogP contribution in [-0.2, 0) is 22.9 Å². The summed E-state index contributed by atoms with van der Waals surface area (Å²) in [6, 6.07) is 13.1. The summed E-state index contributed by atoms with van der Waals surface area (Å²) in [5.41, 5.74) is 3.25. The largest absolute Gasteiger partial charge is 0.493 e. The summed E-state index contributed by atoms with van der Waals surface area (Å²) in [5.74, 6) is 2.31. The zero-order valence-electron chi connectivity index (χ0n) is 17.6. The van der Waals surface area contributed by atoms with Gasteiger partial charge in [-0.25, -0.2) is 8.42 Å². The van der Waals surface area contributed by atoms with Crippen molar-refractivity contribution in [2.75, 3.05) is 19.9 Å². The van der Waals surface area contributed by atoms with Crippen molar-refractivity contribution < 1.29 is 13.2 Å². The molecule has 8 heteroatoms. The van der Waals surface area contributed by atoms with E-state index in [1.54, 1.807) is 31.3 Å². The molecule has 164 valence electrons. The van der Waals surface area contributed by atoms with Crippen molar-refractivity contribution in [1.29, 1.82) is 0 Å². The summed E-state index contributed by atoms with van der Waals surface area (Å²) >= 11 is 0. The second kappa shape index (κ2) is 11.0. The predicted octanol–water partition coefficient (Wildman–Crippen LogP) is 3.67. The van der Waals surface area contributed by atoms with E-state index in [-0.39, 0.29) is 24.0 Å². The number of aliphatic imine (C=N–C) groups is 1. The Morgan fingerprint density at radius 3 is 2.37 bits per heavy atom. The number of sulfone groups is 1. The van der Waals surface area contributed by atoms with E-state index in [2.05, 4.69) is 40.7 Å². The molecule has 0 spiro atoms. The lowest BCUT2D eigenvalue weighted by Gasteiger charge is -2.15. The van der Waals surface area contributed by atoms with Crippen LogP contribution in [0.4, 0.5) is 0 Å². The highest BCUT2D eigenvalue weighted by Gasteiger charge is 2.22. The third-order valence-corrected chi connectivity index (χ3v) is 6.00. The van der Waals surface area contributed by atoms with Crippen molar-refractivity contribution in [3.05, 3.63) is 59.2 Å². The number of halogens is 1. The highest BCUT2D eigenvalue weighted by Crippen LogP contribution is 2.30. The zero-order chi connectivity index (χ0) is 20.9. The molecule has 0 amide bonds. The maximum atomic E-state index is 11.6.